The smallest absolute Gasteiger partial charge is 0.246 e. The van der Waals surface area contributed by atoms with Gasteiger partial charge in [-0.15, -0.1) is 0 Å². The van der Waals surface area contributed by atoms with Gasteiger partial charge < -0.3 is 14.2 Å². The lowest BCUT2D eigenvalue weighted by Gasteiger charge is -2.33. The Labute approximate surface area is 181 Å². The molecule has 0 saturated carbocycles. The molecule has 160 valence electrons. The van der Waals surface area contributed by atoms with Gasteiger partial charge in [-0.3, -0.25) is 9.69 Å². The number of rotatable bonds is 6. The zero-order valence-corrected chi connectivity index (χ0v) is 17.8. The third kappa shape index (κ3) is 5.19. The van der Waals surface area contributed by atoms with Gasteiger partial charge in [0.25, 0.3) is 0 Å². The molecule has 7 nitrogen and oxygen atoms in total. The normalized spacial score (nSPS) is 14.8. The van der Waals surface area contributed by atoms with E-state index < -0.39 is 0 Å². The van der Waals surface area contributed by atoms with Crippen molar-refractivity contribution in [3.63, 3.8) is 0 Å². The molecule has 4 rings (SSSR count). The summed E-state index contributed by atoms with van der Waals surface area (Å²) < 4.78 is 10.6. The quantitative estimate of drug-likeness (QED) is 0.572. The summed E-state index contributed by atoms with van der Waals surface area (Å²) in [5.41, 5.74) is 3.11. The fourth-order valence-electron chi connectivity index (χ4n) is 3.53. The summed E-state index contributed by atoms with van der Waals surface area (Å²) >= 11 is 0. The number of piperazine rings is 1. The van der Waals surface area contributed by atoms with Gasteiger partial charge in [0.05, 0.1) is 13.7 Å². The Balaban J connectivity index is 1.29. The molecule has 3 aromatic rings. The molecule has 0 aliphatic carbocycles. The topological polar surface area (TPSA) is 71.7 Å². The van der Waals surface area contributed by atoms with E-state index in [2.05, 4.69) is 15.0 Å². The van der Waals surface area contributed by atoms with E-state index in [0.717, 1.165) is 35.5 Å². The highest BCUT2D eigenvalue weighted by Crippen LogP contribution is 2.20. The molecule has 0 N–H and O–H groups in total. The number of hydrogen-bond donors (Lipinski definition) is 0. The second-order valence-electron chi connectivity index (χ2n) is 7.53. The van der Waals surface area contributed by atoms with Gasteiger partial charge in [-0.1, -0.05) is 29.4 Å². The molecule has 2 heterocycles. The molecule has 7 heteroatoms. The van der Waals surface area contributed by atoms with Gasteiger partial charge >= 0.3 is 0 Å². The molecule has 1 aromatic heterocycles. The lowest BCUT2D eigenvalue weighted by Crippen LogP contribution is -2.47. The maximum atomic E-state index is 12.5. The molecular weight excluding hydrogens is 392 g/mol. The number of methoxy groups -OCH3 is 1. The van der Waals surface area contributed by atoms with Crippen LogP contribution in [-0.2, 0) is 11.3 Å². The minimum absolute atomic E-state index is 0.0440. The first-order chi connectivity index (χ1) is 15.1. The van der Waals surface area contributed by atoms with Gasteiger partial charge in [-0.2, -0.15) is 4.98 Å². The summed E-state index contributed by atoms with van der Waals surface area (Å²) in [6, 6.07) is 15.6. The van der Waals surface area contributed by atoms with Crippen molar-refractivity contribution in [2.45, 2.75) is 13.5 Å². The zero-order valence-electron chi connectivity index (χ0n) is 17.8. The first-order valence-electron chi connectivity index (χ1n) is 10.3. The van der Waals surface area contributed by atoms with Crippen LogP contribution < -0.4 is 4.74 Å². The van der Waals surface area contributed by atoms with Crippen LogP contribution in [0.5, 0.6) is 5.75 Å². The Hall–Kier alpha value is -3.45. The van der Waals surface area contributed by atoms with Crippen molar-refractivity contribution in [1.82, 2.24) is 19.9 Å². The molecule has 0 unspecified atom stereocenters. The Kier molecular flexibility index (Phi) is 6.43. The van der Waals surface area contributed by atoms with Crippen LogP contribution in [0, 0.1) is 6.92 Å². The Morgan fingerprint density at radius 2 is 1.84 bits per heavy atom. The predicted molar refractivity (Wildman–Crippen MR) is 118 cm³/mol. The SMILES string of the molecule is COc1ccc(-c2noc(CN3CCN(C(=O)/C=C/c4ccccc4C)CC3)n2)cc1. The van der Waals surface area contributed by atoms with E-state index in [-0.39, 0.29) is 5.91 Å². The van der Waals surface area contributed by atoms with Crippen molar-refractivity contribution >= 4 is 12.0 Å². The van der Waals surface area contributed by atoms with Crippen molar-refractivity contribution in [1.29, 1.82) is 0 Å². The van der Waals surface area contributed by atoms with E-state index >= 15 is 0 Å². The molecule has 1 saturated heterocycles. The van der Waals surface area contributed by atoms with Crippen LogP contribution in [0.15, 0.2) is 59.1 Å². The molecule has 1 amide bonds. The number of aromatic nitrogens is 2. The van der Waals surface area contributed by atoms with E-state index in [4.69, 9.17) is 9.26 Å². The lowest BCUT2D eigenvalue weighted by atomic mass is 10.1. The Morgan fingerprint density at radius 1 is 1.10 bits per heavy atom. The summed E-state index contributed by atoms with van der Waals surface area (Å²) in [4.78, 5) is 21.1. The number of amides is 1. The predicted octanol–water partition coefficient (Wildman–Crippen LogP) is 3.41. The second kappa shape index (κ2) is 9.57. The van der Waals surface area contributed by atoms with Gasteiger partial charge in [0.15, 0.2) is 0 Å². The fourth-order valence-corrected chi connectivity index (χ4v) is 3.53. The fraction of sp³-hybridized carbons (Fsp3) is 0.292. The highest BCUT2D eigenvalue weighted by Gasteiger charge is 2.21. The molecule has 1 aliphatic rings. The molecule has 0 atom stereocenters. The van der Waals surface area contributed by atoms with E-state index in [1.165, 1.54) is 0 Å². The number of hydrogen-bond acceptors (Lipinski definition) is 6. The van der Waals surface area contributed by atoms with Crippen LogP contribution >= 0.6 is 0 Å². The second-order valence-corrected chi connectivity index (χ2v) is 7.53. The average molecular weight is 418 g/mol. The number of nitrogens with zero attached hydrogens (tertiary/aromatic N) is 4. The van der Waals surface area contributed by atoms with Gasteiger partial charge in [0, 0.05) is 37.8 Å². The molecule has 1 aliphatic heterocycles. The van der Waals surface area contributed by atoms with Crippen LogP contribution in [0.25, 0.3) is 17.5 Å². The van der Waals surface area contributed by atoms with Gasteiger partial charge in [-0.25, -0.2) is 0 Å². The third-order valence-electron chi connectivity index (χ3n) is 5.45. The van der Waals surface area contributed by atoms with E-state index in [9.17, 15) is 4.79 Å². The number of benzene rings is 2. The van der Waals surface area contributed by atoms with E-state index in [1.807, 2.05) is 66.4 Å². The molecule has 0 bridgehead atoms. The standard InChI is InChI=1S/C24H26N4O3/c1-18-5-3-4-6-19(18)9-12-23(29)28-15-13-27(14-16-28)17-22-25-24(26-31-22)20-7-10-21(30-2)11-8-20/h3-12H,13-17H2,1-2H3/b12-9+. The van der Waals surface area contributed by atoms with Crippen LogP contribution in [0.4, 0.5) is 0 Å². The average Bonchev–Trinajstić information content (AvgIpc) is 3.27. The van der Waals surface area contributed by atoms with Gasteiger partial charge in [-0.05, 0) is 48.4 Å². The number of ether oxygens (including phenoxy) is 1. The largest absolute Gasteiger partial charge is 0.497 e. The van der Waals surface area contributed by atoms with Crippen LogP contribution in [0.3, 0.4) is 0 Å². The molecule has 31 heavy (non-hydrogen) atoms. The van der Waals surface area contributed by atoms with Crippen molar-refractivity contribution < 1.29 is 14.1 Å². The van der Waals surface area contributed by atoms with Crippen molar-refractivity contribution in [3.05, 3.63) is 71.6 Å². The zero-order chi connectivity index (χ0) is 21.6. The number of carbonyl (C=O) groups is 1. The maximum Gasteiger partial charge on any atom is 0.246 e. The van der Waals surface area contributed by atoms with Gasteiger partial charge in [0.2, 0.25) is 17.6 Å². The number of carbonyl (C=O) groups excluding carboxylic acids is 1. The van der Waals surface area contributed by atoms with E-state index in [1.54, 1.807) is 13.2 Å². The van der Waals surface area contributed by atoms with Crippen LogP contribution in [0.1, 0.15) is 17.0 Å². The van der Waals surface area contributed by atoms with Crippen LogP contribution in [-0.4, -0.2) is 59.1 Å². The maximum absolute atomic E-state index is 12.5. The molecule has 0 radical (unpaired) electrons. The van der Waals surface area contributed by atoms with Crippen molar-refractivity contribution in [3.8, 4) is 17.1 Å². The summed E-state index contributed by atoms with van der Waals surface area (Å²) in [6.45, 7) is 5.51. The van der Waals surface area contributed by atoms with Crippen LogP contribution in [0.2, 0.25) is 0 Å². The van der Waals surface area contributed by atoms with Gasteiger partial charge in [0.1, 0.15) is 5.75 Å². The Morgan fingerprint density at radius 3 is 2.55 bits per heavy atom. The third-order valence-corrected chi connectivity index (χ3v) is 5.45. The monoisotopic (exact) mass is 418 g/mol. The summed E-state index contributed by atoms with van der Waals surface area (Å²) in [7, 11) is 1.63. The Bertz CT molecular complexity index is 1050. The highest BCUT2D eigenvalue weighted by atomic mass is 16.5. The first-order valence-corrected chi connectivity index (χ1v) is 10.3. The molecule has 2 aromatic carbocycles. The van der Waals surface area contributed by atoms with E-state index in [0.29, 0.717) is 31.3 Å². The summed E-state index contributed by atoms with van der Waals surface area (Å²) in [5.74, 6) is 1.97. The lowest BCUT2D eigenvalue weighted by molar-refractivity contribution is -0.127. The first kappa shape index (κ1) is 20.8. The minimum Gasteiger partial charge on any atom is -0.497 e. The minimum atomic E-state index is 0.0440. The summed E-state index contributed by atoms with van der Waals surface area (Å²) in [5, 5.41) is 4.08. The van der Waals surface area contributed by atoms with Crippen molar-refractivity contribution in [2.24, 2.45) is 0 Å². The highest BCUT2D eigenvalue weighted by molar-refractivity contribution is 5.92. The molecule has 0 spiro atoms. The molecule has 1 fully saturated rings. The molecular formula is C24H26N4O3. The summed E-state index contributed by atoms with van der Waals surface area (Å²) in [6.07, 6.45) is 3.56. The van der Waals surface area contributed by atoms with Crippen molar-refractivity contribution in [2.75, 3.05) is 33.3 Å². The number of aryl methyl sites for hydroxylation is 1.